The lowest BCUT2D eigenvalue weighted by molar-refractivity contribution is 0.0567. The monoisotopic (exact) mass is 526 g/mol. The predicted octanol–water partition coefficient (Wildman–Crippen LogP) is 5.45. The standard InChI is InChI=1S/C25H23BrN2O4S/c1-31-18-9-7-16(8-10-18)14-28(25(30)20-12-11-19(26)24(27-20)32-2)21(15-29)23-13-17-5-3-4-6-22(17)33-23/h3-13,21,29H,14-15H2,1-2H3/t21-/m1/s1. The van der Waals surface area contributed by atoms with Gasteiger partial charge in [0.2, 0.25) is 5.88 Å². The van der Waals surface area contributed by atoms with Crippen LogP contribution in [0.2, 0.25) is 0 Å². The van der Waals surface area contributed by atoms with Crippen molar-refractivity contribution in [2.75, 3.05) is 20.8 Å². The number of nitrogens with zero attached hydrogens (tertiary/aromatic N) is 2. The summed E-state index contributed by atoms with van der Waals surface area (Å²) >= 11 is 4.95. The van der Waals surface area contributed by atoms with Crippen LogP contribution in [0.3, 0.4) is 0 Å². The summed E-state index contributed by atoms with van der Waals surface area (Å²) in [6, 6.07) is 20.4. The van der Waals surface area contributed by atoms with Gasteiger partial charge in [-0.15, -0.1) is 11.3 Å². The highest BCUT2D eigenvalue weighted by molar-refractivity contribution is 9.10. The Bertz CT molecular complexity index is 1230. The smallest absolute Gasteiger partial charge is 0.273 e. The number of thiophene rings is 1. The van der Waals surface area contributed by atoms with Crippen LogP contribution in [0.1, 0.15) is 27.0 Å². The molecule has 1 atom stereocenters. The Morgan fingerprint density at radius 2 is 1.85 bits per heavy atom. The van der Waals surface area contributed by atoms with E-state index in [1.54, 1.807) is 35.5 Å². The maximum absolute atomic E-state index is 13.7. The summed E-state index contributed by atoms with van der Waals surface area (Å²) < 4.78 is 12.3. The van der Waals surface area contributed by atoms with Crippen molar-refractivity contribution in [3.05, 3.63) is 87.3 Å². The molecule has 6 nitrogen and oxygen atoms in total. The molecule has 0 saturated carbocycles. The van der Waals surface area contributed by atoms with Crippen LogP contribution in [-0.2, 0) is 6.54 Å². The van der Waals surface area contributed by atoms with Gasteiger partial charge in [-0.3, -0.25) is 4.79 Å². The van der Waals surface area contributed by atoms with Gasteiger partial charge in [0.15, 0.2) is 0 Å². The van der Waals surface area contributed by atoms with Gasteiger partial charge >= 0.3 is 0 Å². The van der Waals surface area contributed by atoms with E-state index in [1.807, 2.05) is 54.6 Å². The van der Waals surface area contributed by atoms with E-state index in [0.29, 0.717) is 16.9 Å². The molecule has 0 unspecified atom stereocenters. The molecule has 0 aliphatic carbocycles. The van der Waals surface area contributed by atoms with E-state index < -0.39 is 6.04 Å². The summed E-state index contributed by atoms with van der Waals surface area (Å²) in [5.74, 6) is 0.764. The SMILES string of the molecule is COc1ccc(CN(C(=O)c2ccc(Br)c(OC)n2)[C@H](CO)c2cc3ccccc3s2)cc1. The number of amides is 1. The number of methoxy groups -OCH3 is 2. The lowest BCUT2D eigenvalue weighted by Gasteiger charge is -2.30. The Balaban J connectivity index is 1.75. The van der Waals surface area contributed by atoms with Crippen molar-refractivity contribution in [2.24, 2.45) is 0 Å². The quantitative estimate of drug-likeness (QED) is 0.330. The second kappa shape index (κ2) is 10.3. The second-order valence-corrected chi connectivity index (χ2v) is 9.32. The third-order valence-corrected chi connectivity index (χ3v) is 7.14. The largest absolute Gasteiger partial charge is 0.497 e. The zero-order valence-electron chi connectivity index (χ0n) is 18.2. The fraction of sp³-hybridized carbons (Fsp3) is 0.200. The molecule has 0 aliphatic rings. The highest BCUT2D eigenvalue weighted by Crippen LogP contribution is 2.34. The van der Waals surface area contributed by atoms with Gasteiger partial charge in [-0.05, 0) is 63.3 Å². The van der Waals surface area contributed by atoms with Gasteiger partial charge in [0.25, 0.3) is 5.91 Å². The predicted molar refractivity (Wildman–Crippen MR) is 133 cm³/mol. The Morgan fingerprint density at radius 1 is 1.09 bits per heavy atom. The van der Waals surface area contributed by atoms with Crippen LogP contribution in [0.5, 0.6) is 11.6 Å². The summed E-state index contributed by atoms with van der Waals surface area (Å²) in [7, 11) is 3.12. The number of pyridine rings is 1. The average molecular weight is 527 g/mol. The van der Waals surface area contributed by atoms with Crippen LogP contribution in [0.15, 0.2) is 71.2 Å². The third-order valence-electron chi connectivity index (χ3n) is 5.32. The van der Waals surface area contributed by atoms with Crippen molar-refractivity contribution < 1.29 is 19.4 Å². The molecule has 0 aliphatic heterocycles. The highest BCUT2D eigenvalue weighted by atomic mass is 79.9. The van der Waals surface area contributed by atoms with E-state index in [2.05, 4.69) is 20.9 Å². The number of carbonyl (C=O) groups is 1. The summed E-state index contributed by atoms with van der Waals surface area (Å²) in [6.45, 7) is 0.0741. The molecule has 2 aromatic heterocycles. The first-order valence-electron chi connectivity index (χ1n) is 10.3. The summed E-state index contributed by atoms with van der Waals surface area (Å²) in [4.78, 5) is 20.6. The molecular weight excluding hydrogens is 504 g/mol. The minimum atomic E-state index is -0.534. The van der Waals surface area contributed by atoms with Crippen molar-refractivity contribution in [1.29, 1.82) is 0 Å². The van der Waals surface area contributed by atoms with E-state index >= 15 is 0 Å². The minimum Gasteiger partial charge on any atom is -0.497 e. The Hall–Kier alpha value is -2.94. The Kier molecular flexibility index (Phi) is 7.27. The van der Waals surface area contributed by atoms with Gasteiger partial charge in [0, 0.05) is 16.1 Å². The number of aromatic nitrogens is 1. The van der Waals surface area contributed by atoms with E-state index in [1.165, 1.54) is 7.11 Å². The molecule has 0 fully saturated rings. The first-order chi connectivity index (χ1) is 16.0. The molecule has 1 N–H and O–H groups in total. The molecule has 8 heteroatoms. The van der Waals surface area contributed by atoms with Crippen LogP contribution in [-0.4, -0.2) is 41.7 Å². The molecule has 4 aromatic rings. The van der Waals surface area contributed by atoms with E-state index in [9.17, 15) is 9.90 Å². The van der Waals surface area contributed by atoms with Gasteiger partial charge in [0.05, 0.1) is 31.3 Å². The number of carbonyl (C=O) groups excluding carboxylic acids is 1. The fourth-order valence-electron chi connectivity index (χ4n) is 3.59. The Morgan fingerprint density at radius 3 is 2.52 bits per heavy atom. The number of fused-ring (bicyclic) bond motifs is 1. The van der Waals surface area contributed by atoms with Crippen molar-refractivity contribution in [3.63, 3.8) is 0 Å². The zero-order valence-corrected chi connectivity index (χ0v) is 20.6. The number of aliphatic hydroxyl groups is 1. The van der Waals surface area contributed by atoms with Crippen molar-refractivity contribution >= 4 is 43.3 Å². The summed E-state index contributed by atoms with van der Waals surface area (Å²) in [5.41, 5.74) is 1.15. The summed E-state index contributed by atoms with van der Waals surface area (Å²) in [6.07, 6.45) is 0. The number of benzene rings is 2. The molecule has 4 rings (SSSR count). The number of aliphatic hydroxyl groups excluding tert-OH is 1. The van der Waals surface area contributed by atoms with E-state index in [-0.39, 0.29) is 18.2 Å². The molecule has 170 valence electrons. The van der Waals surface area contributed by atoms with Crippen LogP contribution >= 0.6 is 27.3 Å². The molecule has 2 aromatic carbocycles. The molecule has 1 amide bonds. The van der Waals surface area contributed by atoms with Gasteiger partial charge < -0.3 is 19.5 Å². The zero-order chi connectivity index (χ0) is 23.4. The topological polar surface area (TPSA) is 71.9 Å². The van der Waals surface area contributed by atoms with Crippen LogP contribution in [0, 0.1) is 0 Å². The fourth-order valence-corrected chi connectivity index (χ4v) is 5.14. The minimum absolute atomic E-state index is 0.220. The number of hydrogen-bond acceptors (Lipinski definition) is 6. The summed E-state index contributed by atoms with van der Waals surface area (Å²) in [5, 5.41) is 11.5. The highest BCUT2D eigenvalue weighted by Gasteiger charge is 2.29. The van der Waals surface area contributed by atoms with Gasteiger partial charge in [0.1, 0.15) is 11.4 Å². The second-order valence-electron chi connectivity index (χ2n) is 7.35. The van der Waals surface area contributed by atoms with E-state index in [4.69, 9.17) is 9.47 Å². The van der Waals surface area contributed by atoms with Gasteiger partial charge in [-0.2, -0.15) is 0 Å². The molecule has 0 spiro atoms. The molecule has 0 bridgehead atoms. The van der Waals surface area contributed by atoms with Gasteiger partial charge in [-0.25, -0.2) is 4.98 Å². The lowest BCUT2D eigenvalue weighted by Crippen LogP contribution is -2.36. The van der Waals surface area contributed by atoms with Crippen LogP contribution < -0.4 is 9.47 Å². The van der Waals surface area contributed by atoms with E-state index in [0.717, 1.165) is 26.3 Å². The lowest BCUT2D eigenvalue weighted by atomic mass is 10.1. The normalized spacial score (nSPS) is 11.9. The van der Waals surface area contributed by atoms with Crippen molar-refractivity contribution in [1.82, 2.24) is 9.88 Å². The molecule has 0 saturated heterocycles. The maximum Gasteiger partial charge on any atom is 0.273 e. The number of hydrogen-bond donors (Lipinski definition) is 1. The molecule has 33 heavy (non-hydrogen) atoms. The average Bonchev–Trinajstić information content (AvgIpc) is 3.28. The number of rotatable bonds is 8. The molecular formula is C25H23BrN2O4S. The van der Waals surface area contributed by atoms with Crippen molar-refractivity contribution in [3.8, 4) is 11.6 Å². The van der Waals surface area contributed by atoms with Crippen molar-refractivity contribution in [2.45, 2.75) is 12.6 Å². The molecule has 0 radical (unpaired) electrons. The maximum atomic E-state index is 13.7. The Labute approximate surface area is 204 Å². The number of halogens is 1. The third kappa shape index (κ3) is 5.03. The molecule has 2 heterocycles. The number of ether oxygens (including phenoxy) is 2. The van der Waals surface area contributed by atoms with Crippen LogP contribution in [0.4, 0.5) is 0 Å². The van der Waals surface area contributed by atoms with Gasteiger partial charge in [-0.1, -0.05) is 30.3 Å². The first kappa shape index (κ1) is 23.2. The first-order valence-corrected chi connectivity index (χ1v) is 11.9. The van der Waals surface area contributed by atoms with Crippen LogP contribution in [0.25, 0.3) is 10.1 Å².